The van der Waals surface area contributed by atoms with Crippen molar-refractivity contribution in [2.45, 2.75) is 31.9 Å². The number of nitrogens with zero attached hydrogens (tertiary/aromatic N) is 2. The molecule has 7 heteroatoms. The summed E-state index contributed by atoms with van der Waals surface area (Å²) in [7, 11) is 4.53. The maximum absolute atomic E-state index is 12.8. The number of rotatable bonds is 6. The van der Waals surface area contributed by atoms with Crippen molar-refractivity contribution >= 4 is 10.9 Å². The summed E-state index contributed by atoms with van der Waals surface area (Å²) in [4.78, 5) is 17.2. The lowest BCUT2D eigenvalue weighted by molar-refractivity contribution is 0.0372. The molecule has 1 heterocycles. The largest absolute Gasteiger partial charge is 0.493 e. The molecule has 1 aromatic heterocycles. The van der Waals surface area contributed by atoms with Crippen LogP contribution in [0, 0.1) is 5.92 Å². The van der Waals surface area contributed by atoms with Gasteiger partial charge in [-0.1, -0.05) is 0 Å². The van der Waals surface area contributed by atoms with Gasteiger partial charge < -0.3 is 19.3 Å². The molecule has 0 spiro atoms. The first kappa shape index (κ1) is 16.6. The Morgan fingerprint density at radius 1 is 1.21 bits per heavy atom. The first-order valence-corrected chi connectivity index (χ1v) is 7.95. The molecule has 3 rings (SSSR count). The molecule has 0 radical (unpaired) electrons. The molecule has 1 aromatic carbocycles. The summed E-state index contributed by atoms with van der Waals surface area (Å²) in [5, 5.41) is 9.79. The van der Waals surface area contributed by atoms with Crippen LogP contribution in [0.25, 0.3) is 10.9 Å². The Labute approximate surface area is 139 Å². The average molecular weight is 334 g/mol. The number of ether oxygens (including phenoxy) is 3. The van der Waals surface area contributed by atoms with Crippen molar-refractivity contribution in [2.75, 3.05) is 21.3 Å². The van der Waals surface area contributed by atoms with E-state index >= 15 is 0 Å². The molecule has 0 amide bonds. The van der Waals surface area contributed by atoms with Crippen molar-refractivity contribution < 1.29 is 19.3 Å². The van der Waals surface area contributed by atoms with Gasteiger partial charge in [0.15, 0.2) is 11.5 Å². The van der Waals surface area contributed by atoms with Crippen LogP contribution in [-0.2, 0) is 6.54 Å². The lowest BCUT2D eigenvalue weighted by Gasteiger charge is -2.31. The summed E-state index contributed by atoms with van der Waals surface area (Å²) in [6, 6.07) is 1.63. The summed E-state index contributed by atoms with van der Waals surface area (Å²) in [6.07, 6.45) is 3.84. The minimum atomic E-state index is -0.178. The molecule has 1 fully saturated rings. The smallest absolute Gasteiger partial charge is 0.261 e. The van der Waals surface area contributed by atoms with Gasteiger partial charge in [-0.3, -0.25) is 9.36 Å². The number of aliphatic hydroxyl groups is 1. The van der Waals surface area contributed by atoms with Crippen molar-refractivity contribution in [1.82, 2.24) is 9.55 Å². The Morgan fingerprint density at radius 3 is 2.50 bits per heavy atom. The van der Waals surface area contributed by atoms with E-state index in [0.717, 1.165) is 19.3 Å². The van der Waals surface area contributed by atoms with E-state index in [9.17, 15) is 9.90 Å². The number of hydrogen-bond donors (Lipinski definition) is 1. The highest BCUT2D eigenvalue weighted by Gasteiger charge is 2.27. The number of aromatic nitrogens is 2. The monoisotopic (exact) mass is 334 g/mol. The highest BCUT2D eigenvalue weighted by atomic mass is 16.5. The van der Waals surface area contributed by atoms with Crippen LogP contribution in [0.1, 0.15) is 19.3 Å². The molecular weight excluding hydrogens is 312 g/mol. The molecule has 7 nitrogen and oxygen atoms in total. The highest BCUT2D eigenvalue weighted by molar-refractivity contribution is 5.89. The number of aliphatic hydroxyl groups excluding tert-OH is 1. The van der Waals surface area contributed by atoms with E-state index in [1.165, 1.54) is 27.7 Å². The third-order valence-corrected chi connectivity index (χ3v) is 4.61. The second kappa shape index (κ2) is 6.68. The molecule has 0 unspecified atom stereocenters. The third kappa shape index (κ3) is 2.80. The standard InChI is InChI=1S/C17H22N2O5/c1-22-13-8-12-14(16(24-3)15(13)23-2)18-9-19(17(12)21)5-4-10-6-11(20)7-10/h8-11,20H,4-7H2,1-3H3. The topological polar surface area (TPSA) is 82.8 Å². The molecular formula is C17H22N2O5. The van der Waals surface area contributed by atoms with Crippen LogP contribution in [0.15, 0.2) is 17.2 Å². The van der Waals surface area contributed by atoms with Gasteiger partial charge in [0.25, 0.3) is 5.56 Å². The van der Waals surface area contributed by atoms with E-state index in [2.05, 4.69) is 4.98 Å². The SMILES string of the molecule is COc1cc2c(=O)n(CCC3CC(O)C3)cnc2c(OC)c1OC. The second-order valence-corrected chi connectivity index (χ2v) is 6.06. The van der Waals surface area contributed by atoms with Gasteiger partial charge in [0.1, 0.15) is 5.52 Å². The lowest BCUT2D eigenvalue weighted by atomic mass is 9.80. The normalized spacial score (nSPS) is 19.8. The molecule has 130 valence electrons. The Balaban J connectivity index is 2.00. The van der Waals surface area contributed by atoms with Crippen LogP contribution in [0.2, 0.25) is 0 Å². The van der Waals surface area contributed by atoms with Gasteiger partial charge in [-0.15, -0.1) is 0 Å². The van der Waals surface area contributed by atoms with Crippen molar-refractivity contribution in [3.8, 4) is 17.2 Å². The molecule has 2 aromatic rings. The molecule has 0 aliphatic heterocycles. The number of benzene rings is 1. The van der Waals surface area contributed by atoms with E-state index in [-0.39, 0.29) is 11.7 Å². The van der Waals surface area contributed by atoms with Crippen molar-refractivity contribution in [3.63, 3.8) is 0 Å². The van der Waals surface area contributed by atoms with Crippen LogP contribution in [0.5, 0.6) is 17.2 Å². The predicted octanol–water partition coefficient (Wildman–Crippen LogP) is 1.58. The Bertz CT molecular complexity index is 796. The number of fused-ring (bicyclic) bond motifs is 1. The van der Waals surface area contributed by atoms with Crippen LogP contribution < -0.4 is 19.8 Å². The van der Waals surface area contributed by atoms with E-state index in [4.69, 9.17) is 14.2 Å². The summed E-state index contributed by atoms with van der Waals surface area (Å²) in [6.45, 7) is 0.579. The molecule has 24 heavy (non-hydrogen) atoms. The van der Waals surface area contributed by atoms with Gasteiger partial charge in [0, 0.05) is 6.54 Å². The summed E-state index contributed by atoms with van der Waals surface area (Å²) >= 11 is 0. The van der Waals surface area contributed by atoms with E-state index < -0.39 is 0 Å². The maximum atomic E-state index is 12.8. The number of hydrogen-bond acceptors (Lipinski definition) is 6. The second-order valence-electron chi connectivity index (χ2n) is 6.06. The van der Waals surface area contributed by atoms with Crippen LogP contribution in [-0.4, -0.2) is 42.1 Å². The predicted molar refractivity (Wildman–Crippen MR) is 89.0 cm³/mol. The van der Waals surface area contributed by atoms with Crippen molar-refractivity contribution in [3.05, 3.63) is 22.7 Å². The summed E-state index contributed by atoms with van der Waals surface area (Å²) in [5.41, 5.74) is 0.314. The highest BCUT2D eigenvalue weighted by Crippen LogP contribution is 2.41. The summed E-state index contributed by atoms with van der Waals surface area (Å²) in [5.74, 6) is 1.71. The van der Waals surface area contributed by atoms with Crippen molar-refractivity contribution in [1.29, 1.82) is 0 Å². The minimum Gasteiger partial charge on any atom is -0.493 e. The lowest BCUT2D eigenvalue weighted by Crippen LogP contribution is -2.30. The average Bonchev–Trinajstić information content (AvgIpc) is 2.57. The Morgan fingerprint density at radius 2 is 1.92 bits per heavy atom. The fraction of sp³-hybridized carbons (Fsp3) is 0.529. The van der Waals surface area contributed by atoms with E-state index in [0.29, 0.717) is 40.6 Å². The number of aryl methyl sites for hydroxylation is 1. The Kier molecular flexibility index (Phi) is 4.62. The van der Waals surface area contributed by atoms with Crippen molar-refractivity contribution in [2.24, 2.45) is 5.92 Å². The van der Waals surface area contributed by atoms with Crippen LogP contribution >= 0.6 is 0 Å². The Hall–Kier alpha value is -2.28. The van der Waals surface area contributed by atoms with E-state index in [1.54, 1.807) is 10.6 Å². The molecule has 1 aliphatic carbocycles. The van der Waals surface area contributed by atoms with Gasteiger partial charge in [0.2, 0.25) is 5.75 Å². The van der Waals surface area contributed by atoms with Gasteiger partial charge in [0.05, 0.1) is 39.1 Å². The van der Waals surface area contributed by atoms with Gasteiger partial charge >= 0.3 is 0 Å². The first-order chi connectivity index (χ1) is 11.6. The number of methoxy groups -OCH3 is 3. The fourth-order valence-electron chi connectivity index (χ4n) is 3.18. The molecule has 0 saturated heterocycles. The minimum absolute atomic E-state index is 0.140. The zero-order valence-corrected chi connectivity index (χ0v) is 14.1. The maximum Gasteiger partial charge on any atom is 0.261 e. The zero-order chi connectivity index (χ0) is 17.3. The van der Waals surface area contributed by atoms with Crippen LogP contribution in [0.3, 0.4) is 0 Å². The molecule has 0 atom stereocenters. The fourth-order valence-corrected chi connectivity index (χ4v) is 3.18. The van der Waals surface area contributed by atoms with Gasteiger partial charge in [-0.2, -0.15) is 0 Å². The first-order valence-electron chi connectivity index (χ1n) is 7.95. The van der Waals surface area contributed by atoms with Gasteiger partial charge in [-0.25, -0.2) is 4.98 Å². The zero-order valence-electron chi connectivity index (χ0n) is 14.1. The van der Waals surface area contributed by atoms with E-state index in [1.807, 2.05) is 0 Å². The molecule has 1 N–H and O–H groups in total. The quantitative estimate of drug-likeness (QED) is 0.864. The molecule has 1 aliphatic rings. The molecule has 1 saturated carbocycles. The van der Waals surface area contributed by atoms with Crippen LogP contribution in [0.4, 0.5) is 0 Å². The summed E-state index contributed by atoms with van der Waals surface area (Å²) < 4.78 is 17.6. The van der Waals surface area contributed by atoms with Gasteiger partial charge in [-0.05, 0) is 31.2 Å². The third-order valence-electron chi connectivity index (χ3n) is 4.61. The molecule has 0 bridgehead atoms.